The molecule has 0 saturated carbocycles. The normalized spacial score (nSPS) is 15.5. The summed E-state index contributed by atoms with van der Waals surface area (Å²) in [6.45, 7) is 10.7. The zero-order valence-electron chi connectivity index (χ0n) is 15.3. The average Bonchev–Trinajstić information content (AvgIpc) is 2.36. The maximum atomic E-state index is 12.4. The lowest BCUT2D eigenvalue weighted by atomic mass is 10.1. The second kappa shape index (κ2) is 10.9. The molecule has 0 aliphatic rings. The van der Waals surface area contributed by atoms with Gasteiger partial charge in [0.25, 0.3) is 0 Å². The van der Waals surface area contributed by atoms with Gasteiger partial charge < -0.3 is 9.05 Å². The van der Waals surface area contributed by atoms with Crippen molar-refractivity contribution in [2.45, 2.75) is 59.3 Å². The first-order chi connectivity index (χ1) is 10.1. The SMILES string of the molecule is COP(=O)(OCC[Si](C)(C)C)SC/C=C(\C)CCC=C(C)C. The van der Waals surface area contributed by atoms with Crippen molar-refractivity contribution in [3.63, 3.8) is 0 Å². The monoisotopic (exact) mass is 364 g/mol. The van der Waals surface area contributed by atoms with E-state index in [0.717, 1.165) is 18.9 Å². The summed E-state index contributed by atoms with van der Waals surface area (Å²) < 4.78 is 23.1. The van der Waals surface area contributed by atoms with Crippen LogP contribution < -0.4 is 0 Å². The minimum absolute atomic E-state index is 0.525. The van der Waals surface area contributed by atoms with Crippen molar-refractivity contribution in [1.29, 1.82) is 0 Å². The van der Waals surface area contributed by atoms with Gasteiger partial charge in [0.2, 0.25) is 0 Å². The summed E-state index contributed by atoms with van der Waals surface area (Å²) in [5.74, 6) is 0.665. The van der Waals surface area contributed by atoms with Gasteiger partial charge in [-0.25, -0.2) is 4.57 Å². The molecule has 0 saturated heterocycles. The summed E-state index contributed by atoms with van der Waals surface area (Å²) in [6.07, 6.45) is 6.46. The average molecular weight is 365 g/mol. The topological polar surface area (TPSA) is 35.5 Å². The standard InChI is InChI=1S/C16H33O3PSSi/c1-15(2)9-8-10-16(3)11-13-21-20(17,18-4)19-12-14-22(5,6)7/h9,11H,8,10,12-14H2,1-7H3/b16-11+. The van der Waals surface area contributed by atoms with Gasteiger partial charge in [0.05, 0.1) is 6.61 Å². The highest BCUT2D eigenvalue weighted by Crippen LogP contribution is 2.60. The van der Waals surface area contributed by atoms with Crippen LogP contribution >= 0.6 is 18.2 Å². The van der Waals surface area contributed by atoms with Gasteiger partial charge in [-0.2, -0.15) is 0 Å². The molecule has 1 atom stereocenters. The van der Waals surface area contributed by atoms with Crippen LogP contribution in [0, 0.1) is 0 Å². The molecule has 0 N–H and O–H groups in total. The van der Waals surface area contributed by atoms with E-state index in [-0.39, 0.29) is 0 Å². The Bertz CT molecular complexity index is 424. The highest BCUT2D eigenvalue weighted by molar-refractivity contribution is 8.55. The first-order valence-electron chi connectivity index (χ1n) is 7.82. The second-order valence-corrected chi connectivity index (χ2v) is 16.8. The fraction of sp³-hybridized carbons (Fsp3) is 0.750. The van der Waals surface area contributed by atoms with Crippen molar-refractivity contribution in [2.75, 3.05) is 19.5 Å². The van der Waals surface area contributed by atoms with Gasteiger partial charge in [-0.15, -0.1) is 0 Å². The quantitative estimate of drug-likeness (QED) is 0.237. The van der Waals surface area contributed by atoms with E-state index in [1.807, 2.05) is 0 Å². The molecule has 3 nitrogen and oxygen atoms in total. The second-order valence-electron chi connectivity index (χ2n) is 6.94. The third-order valence-electron chi connectivity index (χ3n) is 3.08. The minimum atomic E-state index is -3.00. The van der Waals surface area contributed by atoms with Crippen LogP contribution in [0.1, 0.15) is 33.6 Å². The molecule has 22 heavy (non-hydrogen) atoms. The number of rotatable bonds is 11. The molecule has 0 aromatic carbocycles. The Balaban J connectivity index is 4.21. The summed E-state index contributed by atoms with van der Waals surface area (Å²) in [6, 6.07) is 0.998. The molecule has 0 spiro atoms. The van der Waals surface area contributed by atoms with Gasteiger partial charge in [-0.05, 0) is 51.0 Å². The molecule has 1 unspecified atom stereocenters. The zero-order chi connectivity index (χ0) is 17.2. The molecule has 0 fully saturated rings. The lowest BCUT2D eigenvalue weighted by Crippen LogP contribution is -2.21. The van der Waals surface area contributed by atoms with Crippen molar-refractivity contribution in [2.24, 2.45) is 0 Å². The van der Waals surface area contributed by atoms with Gasteiger partial charge in [0, 0.05) is 20.9 Å². The van der Waals surface area contributed by atoms with Crippen molar-refractivity contribution < 1.29 is 13.6 Å². The number of allylic oxidation sites excluding steroid dienone is 3. The maximum absolute atomic E-state index is 12.4. The molecule has 130 valence electrons. The van der Waals surface area contributed by atoms with Crippen molar-refractivity contribution in [3.8, 4) is 0 Å². The molecule has 0 aliphatic heterocycles. The molecule has 0 bridgehead atoms. The van der Waals surface area contributed by atoms with E-state index in [2.05, 4.69) is 52.6 Å². The van der Waals surface area contributed by atoms with Gasteiger partial charge in [0.1, 0.15) is 0 Å². The molecule has 0 aromatic heterocycles. The van der Waals surface area contributed by atoms with Crippen LogP contribution in [-0.2, 0) is 13.6 Å². The third kappa shape index (κ3) is 12.7. The van der Waals surface area contributed by atoms with Crippen LogP contribution in [0.5, 0.6) is 0 Å². The van der Waals surface area contributed by atoms with Crippen LogP contribution in [0.3, 0.4) is 0 Å². The largest absolute Gasteiger partial charge is 0.389 e. The smallest absolute Gasteiger partial charge is 0.304 e. The fourth-order valence-electron chi connectivity index (χ4n) is 1.57. The lowest BCUT2D eigenvalue weighted by Gasteiger charge is -2.19. The minimum Gasteiger partial charge on any atom is -0.304 e. The Labute approximate surface area is 142 Å². The predicted molar refractivity (Wildman–Crippen MR) is 104 cm³/mol. The molecular formula is C16H33O3PSSi. The summed E-state index contributed by atoms with van der Waals surface area (Å²) in [7, 11) is 0.294. The molecule has 0 aliphatic carbocycles. The van der Waals surface area contributed by atoms with Gasteiger partial charge in [0.15, 0.2) is 0 Å². The van der Waals surface area contributed by atoms with E-state index < -0.39 is 14.9 Å². The lowest BCUT2D eigenvalue weighted by molar-refractivity contribution is 0.261. The van der Waals surface area contributed by atoms with Crippen LogP contribution in [0.15, 0.2) is 23.3 Å². The van der Waals surface area contributed by atoms with E-state index in [9.17, 15) is 4.57 Å². The first-order valence-corrected chi connectivity index (χ1v) is 14.7. The fourth-order valence-corrected chi connectivity index (χ4v) is 5.13. The highest BCUT2D eigenvalue weighted by atomic mass is 32.7. The van der Waals surface area contributed by atoms with Crippen LogP contribution in [0.4, 0.5) is 0 Å². The third-order valence-corrected chi connectivity index (χ3v) is 8.52. The van der Waals surface area contributed by atoms with Crippen LogP contribution in [0.25, 0.3) is 0 Å². The van der Waals surface area contributed by atoms with Gasteiger partial charge in [-0.3, -0.25) is 0 Å². The Hall–Kier alpha value is 0.197. The molecule has 0 aromatic rings. The molecule has 0 heterocycles. The molecule has 0 amide bonds. The van der Waals surface area contributed by atoms with Crippen molar-refractivity contribution in [3.05, 3.63) is 23.3 Å². The highest BCUT2D eigenvalue weighted by Gasteiger charge is 2.24. The summed E-state index contributed by atoms with van der Waals surface area (Å²) in [4.78, 5) is 0. The van der Waals surface area contributed by atoms with E-state index in [4.69, 9.17) is 9.05 Å². The van der Waals surface area contributed by atoms with Crippen molar-refractivity contribution >= 4 is 26.3 Å². The summed E-state index contributed by atoms with van der Waals surface area (Å²) >= 11 is 1.28. The summed E-state index contributed by atoms with van der Waals surface area (Å²) in [5, 5.41) is 0. The van der Waals surface area contributed by atoms with Gasteiger partial charge in [-0.1, -0.05) is 42.9 Å². The van der Waals surface area contributed by atoms with E-state index >= 15 is 0 Å². The molecular weight excluding hydrogens is 331 g/mol. The predicted octanol–water partition coefficient (Wildman–Crippen LogP) is 6.52. The van der Waals surface area contributed by atoms with Crippen LogP contribution in [-0.4, -0.2) is 27.5 Å². The van der Waals surface area contributed by atoms with E-state index in [1.54, 1.807) is 0 Å². The Morgan fingerprint density at radius 2 is 1.82 bits per heavy atom. The summed E-state index contributed by atoms with van der Waals surface area (Å²) in [5.41, 5.74) is 2.66. The van der Waals surface area contributed by atoms with Crippen molar-refractivity contribution in [1.82, 2.24) is 0 Å². The first kappa shape index (κ1) is 22.2. The molecule has 6 heteroatoms. The van der Waals surface area contributed by atoms with E-state index in [1.165, 1.54) is 29.6 Å². The number of hydrogen-bond donors (Lipinski definition) is 0. The Morgan fingerprint density at radius 1 is 1.18 bits per heavy atom. The molecule has 0 rings (SSSR count). The van der Waals surface area contributed by atoms with Gasteiger partial charge >= 0.3 is 6.80 Å². The van der Waals surface area contributed by atoms with E-state index in [0.29, 0.717) is 12.4 Å². The Morgan fingerprint density at radius 3 is 2.32 bits per heavy atom. The Kier molecular flexibility index (Phi) is 11.0. The zero-order valence-corrected chi connectivity index (χ0v) is 18.0. The van der Waals surface area contributed by atoms with Crippen LogP contribution in [0.2, 0.25) is 25.7 Å². The molecule has 0 radical (unpaired) electrons. The number of hydrogen-bond acceptors (Lipinski definition) is 4. The maximum Gasteiger partial charge on any atom is 0.389 e.